The molecule has 3 rings (SSSR count). The van der Waals surface area contributed by atoms with Crippen LogP contribution >= 0.6 is 0 Å². The average molecular weight is 331 g/mol. The minimum Gasteiger partial charge on any atom is -0.0683 e. The fourth-order valence-corrected chi connectivity index (χ4v) is 3.16. The third-order valence-corrected chi connectivity index (χ3v) is 5.17. The highest BCUT2D eigenvalue weighted by atomic mass is 14.1. The largest absolute Gasteiger partial charge is 0.0683 e. The monoisotopic (exact) mass is 330 g/mol. The van der Waals surface area contributed by atoms with E-state index < -0.39 is 0 Å². The van der Waals surface area contributed by atoms with Gasteiger partial charge in [-0.1, -0.05) is 68.4 Å². The van der Waals surface area contributed by atoms with Crippen LogP contribution in [0.3, 0.4) is 0 Å². The lowest BCUT2D eigenvalue weighted by Gasteiger charge is -2.13. The summed E-state index contributed by atoms with van der Waals surface area (Å²) in [5.41, 5.74) is 12.1. The topological polar surface area (TPSA) is 0 Å². The van der Waals surface area contributed by atoms with Gasteiger partial charge in [0.05, 0.1) is 0 Å². The Morgan fingerprint density at radius 2 is 0.920 bits per heavy atom. The molecule has 3 aromatic carbocycles. The highest BCUT2D eigenvalue weighted by Crippen LogP contribution is 2.31. The fourth-order valence-electron chi connectivity index (χ4n) is 3.16. The molecule has 0 nitrogen and oxygen atoms in total. The lowest BCUT2D eigenvalue weighted by molar-refractivity contribution is 1.27. The molecule has 0 radical (unpaired) electrons. The van der Waals surface area contributed by atoms with Crippen LogP contribution in [0.1, 0.15) is 41.7 Å². The molecule has 0 heteroatoms. The molecule has 0 atom stereocenters. The van der Waals surface area contributed by atoms with Crippen molar-refractivity contribution in [2.75, 3.05) is 0 Å². The summed E-state index contributed by atoms with van der Waals surface area (Å²) < 4.78 is 0. The zero-order chi connectivity index (χ0) is 18.6. The van der Waals surface area contributed by atoms with Crippen molar-refractivity contribution in [3.63, 3.8) is 0 Å². The van der Waals surface area contributed by atoms with Gasteiger partial charge < -0.3 is 0 Å². The van der Waals surface area contributed by atoms with Crippen LogP contribution in [0.15, 0.2) is 54.6 Å². The van der Waals surface area contributed by atoms with Gasteiger partial charge >= 0.3 is 0 Å². The molecule has 0 spiro atoms. The van der Waals surface area contributed by atoms with Crippen LogP contribution in [0.5, 0.6) is 0 Å². The first-order chi connectivity index (χ1) is 12.0. The van der Waals surface area contributed by atoms with Crippen molar-refractivity contribution >= 4 is 0 Å². The van der Waals surface area contributed by atoms with E-state index >= 15 is 0 Å². The van der Waals surface area contributed by atoms with Crippen LogP contribution in [0, 0.1) is 34.6 Å². The van der Waals surface area contributed by atoms with Gasteiger partial charge in [0.2, 0.25) is 0 Å². The van der Waals surface area contributed by atoms with Gasteiger partial charge in [0.25, 0.3) is 0 Å². The van der Waals surface area contributed by atoms with Crippen molar-refractivity contribution in [1.29, 1.82) is 0 Å². The van der Waals surface area contributed by atoms with E-state index in [0.717, 1.165) is 0 Å². The molecular formula is C25H30. The predicted molar refractivity (Wildman–Crippen MR) is 112 cm³/mol. The molecule has 0 aliphatic heterocycles. The summed E-state index contributed by atoms with van der Waals surface area (Å²) in [4.78, 5) is 0. The SMILES string of the molecule is CC.Cc1cccc(-c2ccc(-c3ccc(C)c(C)c3C)cc2)c1C. The molecule has 0 aromatic heterocycles. The van der Waals surface area contributed by atoms with E-state index in [1.165, 1.54) is 50.1 Å². The van der Waals surface area contributed by atoms with Crippen molar-refractivity contribution in [1.82, 2.24) is 0 Å². The van der Waals surface area contributed by atoms with Crippen LogP contribution < -0.4 is 0 Å². The van der Waals surface area contributed by atoms with E-state index in [9.17, 15) is 0 Å². The number of benzene rings is 3. The molecule has 130 valence electrons. The average Bonchev–Trinajstić information content (AvgIpc) is 2.64. The van der Waals surface area contributed by atoms with Crippen molar-refractivity contribution in [2.45, 2.75) is 48.5 Å². The van der Waals surface area contributed by atoms with E-state index in [0.29, 0.717) is 0 Å². The van der Waals surface area contributed by atoms with Crippen LogP contribution in [-0.2, 0) is 0 Å². The van der Waals surface area contributed by atoms with E-state index in [4.69, 9.17) is 0 Å². The fraction of sp³-hybridized carbons (Fsp3) is 0.280. The molecule has 3 aromatic rings. The van der Waals surface area contributed by atoms with Crippen LogP contribution in [-0.4, -0.2) is 0 Å². The van der Waals surface area contributed by atoms with Crippen LogP contribution in [0.2, 0.25) is 0 Å². The highest BCUT2D eigenvalue weighted by molar-refractivity contribution is 5.74. The summed E-state index contributed by atoms with van der Waals surface area (Å²) in [6, 6.07) is 19.9. The van der Waals surface area contributed by atoms with Crippen LogP contribution in [0.4, 0.5) is 0 Å². The second kappa shape index (κ2) is 8.16. The second-order valence-electron chi connectivity index (χ2n) is 6.50. The molecule has 0 saturated carbocycles. The maximum Gasteiger partial charge on any atom is -0.0152 e. The molecule has 0 fully saturated rings. The molecule has 0 bridgehead atoms. The zero-order valence-corrected chi connectivity index (χ0v) is 16.7. The summed E-state index contributed by atoms with van der Waals surface area (Å²) in [6.07, 6.45) is 0. The third kappa shape index (κ3) is 3.85. The Morgan fingerprint density at radius 1 is 0.440 bits per heavy atom. The van der Waals surface area contributed by atoms with Gasteiger partial charge in [-0.25, -0.2) is 0 Å². The van der Waals surface area contributed by atoms with Crippen molar-refractivity contribution in [3.05, 3.63) is 82.4 Å². The Bertz CT molecular complexity index is 852. The van der Waals surface area contributed by atoms with Gasteiger partial charge in [-0.05, 0) is 84.7 Å². The Kier molecular flexibility index (Phi) is 6.20. The summed E-state index contributed by atoms with van der Waals surface area (Å²) in [5.74, 6) is 0. The first-order valence-corrected chi connectivity index (χ1v) is 9.23. The van der Waals surface area contributed by atoms with E-state index in [1.54, 1.807) is 0 Å². The molecular weight excluding hydrogens is 300 g/mol. The standard InChI is InChI=1S/C23H24.C2H6/c1-15-7-6-8-22(18(15)4)20-10-12-21(13-11-20)23-14-9-16(2)17(3)19(23)5;1-2/h6-14H,1-5H3;1-2H3. The Balaban J connectivity index is 0.00000109. The summed E-state index contributed by atoms with van der Waals surface area (Å²) >= 11 is 0. The maximum absolute atomic E-state index is 2.24. The molecule has 0 saturated heterocycles. The van der Waals surface area contributed by atoms with Gasteiger partial charge in [0, 0.05) is 0 Å². The third-order valence-electron chi connectivity index (χ3n) is 5.17. The quantitative estimate of drug-likeness (QED) is 0.454. The highest BCUT2D eigenvalue weighted by Gasteiger charge is 2.08. The van der Waals surface area contributed by atoms with Crippen molar-refractivity contribution in [3.8, 4) is 22.3 Å². The number of hydrogen-bond donors (Lipinski definition) is 0. The van der Waals surface area contributed by atoms with E-state index in [1.807, 2.05) is 13.8 Å². The molecule has 0 aliphatic carbocycles. The Hall–Kier alpha value is -2.34. The number of aryl methyl sites for hydroxylation is 2. The second-order valence-corrected chi connectivity index (χ2v) is 6.50. The molecule has 0 amide bonds. The predicted octanol–water partition coefficient (Wildman–Crippen LogP) is 7.59. The first kappa shape index (κ1) is 19.0. The summed E-state index contributed by atoms with van der Waals surface area (Å²) in [7, 11) is 0. The first-order valence-electron chi connectivity index (χ1n) is 9.23. The van der Waals surface area contributed by atoms with Gasteiger partial charge in [-0.3, -0.25) is 0 Å². The Labute approximate surface area is 153 Å². The smallest absolute Gasteiger partial charge is 0.0152 e. The summed E-state index contributed by atoms with van der Waals surface area (Å²) in [6.45, 7) is 15.0. The molecule has 0 N–H and O–H groups in total. The van der Waals surface area contributed by atoms with Gasteiger partial charge in [0.1, 0.15) is 0 Å². The van der Waals surface area contributed by atoms with Crippen molar-refractivity contribution < 1.29 is 0 Å². The summed E-state index contributed by atoms with van der Waals surface area (Å²) in [5, 5.41) is 0. The molecule has 0 heterocycles. The minimum atomic E-state index is 1.29. The lowest BCUT2D eigenvalue weighted by atomic mass is 9.92. The number of hydrogen-bond acceptors (Lipinski definition) is 0. The molecule has 0 aliphatic rings. The van der Waals surface area contributed by atoms with Crippen LogP contribution in [0.25, 0.3) is 22.3 Å². The lowest BCUT2D eigenvalue weighted by Crippen LogP contribution is -1.91. The van der Waals surface area contributed by atoms with E-state index in [-0.39, 0.29) is 0 Å². The van der Waals surface area contributed by atoms with Gasteiger partial charge in [-0.2, -0.15) is 0 Å². The zero-order valence-electron chi connectivity index (χ0n) is 16.7. The minimum absolute atomic E-state index is 1.29. The molecule has 0 unspecified atom stereocenters. The van der Waals surface area contributed by atoms with Crippen molar-refractivity contribution in [2.24, 2.45) is 0 Å². The van der Waals surface area contributed by atoms with Gasteiger partial charge in [0.15, 0.2) is 0 Å². The normalized spacial score (nSPS) is 10.2. The maximum atomic E-state index is 2.24. The molecule has 25 heavy (non-hydrogen) atoms. The van der Waals surface area contributed by atoms with E-state index in [2.05, 4.69) is 89.2 Å². The van der Waals surface area contributed by atoms with Gasteiger partial charge in [-0.15, -0.1) is 0 Å². The Morgan fingerprint density at radius 3 is 1.48 bits per heavy atom. The number of rotatable bonds is 2.